The predicted molar refractivity (Wildman–Crippen MR) is 79.3 cm³/mol. The first-order chi connectivity index (χ1) is 8.54. The summed E-state index contributed by atoms with van der Waals surface area (Å²) in [7, 11) is 0. The molecular formula is C11H18BrN3O2S. The summed E-state index contributed by atoms with van der Waals surface area (Å²) in [6, 6.07) is 0.0416. The van der Waals surface area contributed by atoms with Gasteiger partial charge in [0.05, 0.1) is 18.5 Å². The van der Waals surface area contributed by atoms with Crippen molar-refractivity contribution in [2.75, 3.05) is 18.2 Å². The van der Waals surface area contributed by atoms with Gasteiger partial charge < -0.3 is 10.4 Å². The summed E-state index contributed by atoms with van der Waals surface area (Å²) in [5, 5.41) is 16.6. The van der Waals surface area contributed by atoms with Crippen molar-refractivity contribution in [3.8, 4) is 0 Å². The Labute approximate surface area is 119 Å². The van der Waals surface area contributed by atoms with Crippen LogP contribution in [0.4, 0.5) is 5.69 Å². The lowest BCUT2D eigenvalue weighted by atomic mass is 10.2. The monoisotopic (exact) mass is 335 g/mol. The van der Waals surface area contributed by atoms with Crippen LogP contribution in [0.25, 0.3) is 0 Å². The summed E-state index contributed by atoms with van der Waals surface area (Å²) in [4.78, 5) is 11.9. The van der Waals surface area contributed by atoms with Crippen molar-refractivity contribution in [3.05, 3.63) is 21.0 Å². The molecule has 0 fully saturated rings. The maximum atomic E-state index is 11.9. The summed E-state index contributed by atoms with van der Waals surface area (Å²) in [5.41, 5.74) is 0.504. The highest BCUT2D eigenvalue weighted by molar-refractivity contribution is 9.10. The molecule has 0 bridgehead atoms. The van der Waals surface area contributed by atoms with Gasteiger partial charge in [-0.25, -0.2) is 4.68 Å². The van der Waals surface area contributed by atoms with E-state index in [9.17, 15) is 9.90 Å². The first-order valence-corrected chi connectivity index (χ1v) is 7.79. The molecule has 5 nitrogen and oxygen atoms in total. The number of hydrogen-bond acceptors (Lipinski definition) is 5. The highest BCUT2D eigenvalue weighted by Crippen LogP contribution is 2.20. The number of nitrogens with one attached hydrogen (secondary N) is 1. The van der Waals surface area contributed by atoms with Gasteiger partial charge in [-0.1, -0.05) is 0 Å². The van der Waals surface area contributed by atoms with Crippen LogP contribution in [0.15, 0.2) is 15.5 Å². The van der Waals surface area contributed by atoms with Gasteiger partial charge in [0.25, 0.3) is 5.56 Å². The number of rotatable bonds is 6. The number of aryl methyl sites for hydroxylation is 1. The fraction of sp³-hybridized carbons (Fsp3) is 0.636. The van der Waals surface area contributed by atoms with Gasteiger partial charge in [-0.3, -0.25) is 4.79 Å². The molecule has 0 aliphatic carbocycles. The summed E-state index contributed by atoms with van der Waals surface area (Å²) in [5.74, 6) is 0. The van der Waals surface area contributed by atoms with Crippen molar-refractivity contribution < 1.29 is 5.11 Å². The summed E-state index contributed by atoms with van der Waals surface area (Å²) in [6.07, 6.45) is 3.57. The van der Waals surface area contributed by atoms with E-state index in [1.54, 1.807) is 18.0 Å². The lowest BCUT2D eigenvalue weighted by Gasteiger charge is -2.22. The number of aromatic nitrogens is 2. The van der Waals surface area contributed by atoms with E-state index in [2.05, 4.69) is 26.3 Å². The Kier molecular flexibility index (Phi) is 6.17. The molecule has 1 rings (SSSR count). The van der Waals surface area contributed by atoms with Crippen molar-refractivity contribution >= 4 is 33.4 Å². The molecule has 0 aromatic carbocycles. The Morgan fingerprint density at radius 1 is 1.67 bits per heavy atom. The summed E-state index contributed by atoms with van der Waals surface area (Å²) >= 11 is 4.87. The largest absolute Gasteiger partial charge is 0.395 e. The molecule has 2 N–H and O–H groups in total. The molecular weight excluding hydrogens is 318 g/mol. The van der Waals surface area contributed by atoms with Crippen LogP contribution in [0.1, 0.15) is 13.8 Å². The smallest absolute Gasteiger partial charge is 0.283 e. The van der Waals surface area contributed by atoms with E-state index in [4.69, 9.17) is 0 Å². The first kappa shape index (κ1) is 15.5. The molecule has 0 aliphatic rings. The van der Waals surface area contributed by atoms with Crippen molar-refractivity contribution in [1.29, 1.82) is 0 Å². The first-order valence-electron chi connectivity index (χ1n) is 5.70. The van der Waals surface area contributed by atoms with Gasteiger partial charge in [0.2, 0.25) is 0 Å². The van der Waals surface area contributed by atoms with E-state index in [1.807, 2.05) is 20.1 Å². The number of thioether (sulfide) groups is 1. The van der Waals surface area contributed by atoms with Crippen LogP contribution in [0.2, 0.25) is 0 Å². The second-order valence-electron chi connectivity index (χ2n) is 3.88. The highest BCUT2D eigenvalue weighted by atomic mass is 79.9. The lowest BCUT2D eigenvalue weighted by molar-refractivity contribution is 0.288. The molecule has 18 heavy (non-hydrogen) atoms. The quantitative estimate of drug-likeness (QED) is 0.825. The van der Waals surface area contributed by atoms with Gasteiger partial charge in [0, 0.05) is 17.8 Å². The Morgan fingerprint density at radius 3 is 2.83 bits per heavy atom. The van der Waals surface area contributed by atoms with E-state index in [0.717, 1.165) is 0 Å². The van der Waals surface area contributed by atoms with Gasteiger partial charge in [-0.15, -0.1) is 0 Å². The molecule has 0 aliphatic heterocycles. The van der Waals surface area contributed by atoms with Crippen molar-refractivity contribution in [3.63, 3.8) is 0 Å². The minimum atomic E-state index is -0.153. The fourth-order valence-electron chi connectivity index (χ4n) is 1.57. The molecule has 0 amide bonds. The highest BCUT2D eigenvalue weighted by Gasteiger charge is 2.17. The topological polar surface area (TPSA) is 67.2 Å². The van der Waals surface area contributed by atoms with Crippen LogP contribution in [-0.4, -0.2) is 39.0 Å². The Balaban J connectivity index is 2.92. The maximum Gasteiger partial charge on any atom is 0.283 e. The molecule has 0 radical (unpaired) electrons. The van der Waals surface area contributed by atoms with Crippen LogP contribution in [0, 0.1) is 0 Å². The number of hydrogen-bond donors (Lipinski definition) is 2. The van der Waals surface area contributed by atoms with Crippen molar-refractivity contribution in [2.24, 2.45) is 0 Å². The van der Waals surface area contributed by atoms with Gasteiger partial charge in [-0.2, -0.15) is 16.9 Å². The second kappa shape index (κ2) is 7.16. The average Bonchev–Trinajstić information content (AvgIpc) is 2.37. The number of aliphatic hydroxyl groups is 1. The number of aliphatic hydroxyl groups excluding tert-OH is 1. The molecule has 0 saturated heterocycles. The minimum Gasteiger partial charge on any atom is -0.395 e. The zero-order valence-electron chi connectivity index (χ0n) is 10.7. The number of halogens is 1. The Hall–Kier alpha value is -0.530. The number of anilines is 1. The summed E-state index contributed by atoms with van der Waals surface area (Å²) < 4.78 is 1.86. The van der Waals surface area contributed by atoms with Crippen molar-refractivity contribution in [1.82, 2.24) is 9.78 Å². The lowest BCUT2D eigenvalue weighted by Crippen LogP contribution is -2.32. The normalized spacial score (nSPS) is 14.3. The average molecular weight is 336 g/mol. The molecule has 102 valence electrons. The van der Waals surface area contributed by atoms with E-state index in [-0.39, 0.29) is 23.5 Å². The van der Waals surface area contributed by atoms with E-state index >= 15 is 0 Å². The Bertz CT molecular complexity index is 448. The third-order valence-electron chi connectivity index (χ3n) is 2.71. The third-order valence-corrected chi connectivity index (χ3v) is 4.64. The molecule has 2 atom stereocenters. The second-order valence-corrected chi connectivity index (χ2v) is 5.75. The molecule has 1 aromatic heterocycles. The third kappa shape index (κ3) is 3.49. The summed E-state index contributed by atoms with van der Waals surface area (Å²) in [6.45, 7) is 4.46. The molecule has 7 heteroatoms. The maximum absolute atomic E-state index is 11.9. The van der Waals surface area contributed by atoms with Crippen LogP contribution >= 0.6 is 27.7 Å². The SMILES string of the molecule is CCn1ncc(NC(C)C(CO)SC)c(Br)c1=O. The molecule has 2 unspecified atom stereocenters. The van der Waals surface area contributed by atoms with E-state index < -0.39 is 0 Å². The number of nitrogens with zero attached hydrogens (tertiary/aromatic N) is 2. The van der Waals surface area contributed by atoms with Gasteiger partial charge >= 0.3 is 0 Å². The van der Waals surface area contributed by atoms with Gasteiger partial charge in [0.15, 0.2) is 0 Å². The fourth-order valence-corrected chi connectivity index (χ4v) is 2.61. The van der Waals surface area contributed by atoms with Crippen molar-refractivity contribution in [2.45, 2.75) is 31.7 Å². The van der Waals surface area contributed by atoms with Crippen LogP contribution in [0.5, 0.6) is 0 Å². The predicted octanol–water partition coefficient (Wildman–Crippen LogP) is 1.55. The van der Waals surface area contributed by atoms with E-state index in [1.165, 1.54) is 4.68 Å². The van der Waals surface area contributed by atoms with Crippen LogP contribution in [0.3, 0.4) is 0 Å². The molecule has 0 spiro atoms. The molecule has 1 heterocycles. The standard InChI is InChI=1S/C11H18BrN3O2S/c1-4-15-11(17)10(12)8(5-13-15)14-7(2)9(6-16)18-3/h5,7,9,14,16H,4,6H2,1-3H3. The Morgan fingerprint density at radius 2 is 2.33 bits per heavy atom. The minimum absolute atomic E-state index is 0.0416. The van der Waals surface area contributed by atoms with Crippen LogP contribution in [-0.2, 0) is 6.54 Å². The molecule has 0 saturated carbocycles. The van der Waals surface area contributed by atoms with E-state index in [0.29, 0.717) is 16.7 Å². The van der Waals surface area contributed by atoms with Crippen LogP contribution < -0.4 is 10.9 Å². The van der Waals surface area contributed by atoms with Gasteiger partial charge in [-0.05, 0) is 36.0 Å². The molecule has 1 aromatic rings. The zero-order valence-corrected chi connectivity index (χ0v) is 13.1. The zero-order chi connectivity index (χ0) is 13.7. The van der Waals surface area contributed by atoms with Gasteiger partial charge in [0.1, 0.15) is 4.47 Å².